The van der Waals surface area contributed by atoms with Gasteiger partial charge < -0.3 is 10.2 Å². The van der Waals surface area contributed by atoms with Crippen LogP contribution < -0.4 is 9.44 Å². The Hall–Kier alpha value is -3.12. The molecule has 12 heteroatoms. The fraction of sp³-hybridized carbons (Fsp3) is 0.641. The van der Waals surface area contributed by atoms with Gasteiger partial charge in [-0.05, 0) is 51.0 Å². The summed E-state index contributed by atoms with van der Waals surface area (Å²) in [7, 11) is -6.54. The van der Waals surface area contributed by atoms with E-state index < -0.39 is 38.4 Å². The van der Waals surface area contributed by atoms with E-state index in [9.17, 15) is 26.4 Å². The van der Waals surface area contributed by atoms with Gasteiger partial charge in [0.1, 0.15) is 6.42 Å². The lowest BCUT2D eigenvalue weighted by Crippen LogP contribution is -2.25. The Balaban J connectivity index is 0.000000827. The number of benzene rings is 2. The summed E-state index contributed by atoms with van der Waals surface area (Å²) < 4.78 is 54.2. The predicted octanol–water partition coefficient (Wildman–Crippen LogP) is 10.2. The van der Waals surface area contributed by atoms with Gasteiger partial charge in [0.2, 0.25) is 20.0 Å². The van der Waals surface area contributed by atoms with Gasteiger partial charge in [-0.1, -0.05) is 153 Å². The molecule has 0 saturated carbocycles. The first-order valence-corrected chi connectivity index (χ1v) is 21.9. The molecule has 0 aliphatic heterocycles. The molecule has 0 amide bonds. The number of para-hydroxylation sites is 2. The van der Waals surface area contributed by atoms with E-state index >= 15 is 0 Å². The molecule has 2 rings (SSSR count). The Morgan fingerprint density at radius 3 is 1.04 bits per heavy atom. The van der Waals surface area contributed by atoms with Crippen molar-refractivity contribution in [3.05, 3.63) is 60.7 Å². The quantitative estimate of drug-likeness (QED) is 0.0544. The molecule has 0 spiro atoms. The summed E-state index contributed by atoms with van der Waals surface area (Å²) in [4.78, 5) is 18.9. The molecular weight excluding hydrogens is 689 g/mol. The summed E-state index contributed by atoms with van der Waals surface area (Å²) in [5, 5.41) is 14.7. The summed E-state index contributed by atoms with van der Waals surface area (Å²) in [6, 6.07) is 18.2. The third-order valence-corrected chi connectivity index (χ3v) is 12.0. The molecule has 10 nitrogen and oxygen atoms in total. The molecule has 0 heterocycles. The van der Waals surface area contributed by atoms with E-state index in [0.717, 1.165) is 38.5 Å². The number of rotatable bonds is 26. The number of hydrogen-bond acceptors (Lipinski definition) is 6. The number of unbranched alkanes of at least 4 members (excludes halogenated alkanes) is 14. The number of aliphatic carboxylic acids is 2. The molecule has 0 aliphatic rings. The van der Waals surface area contributed by atoms with Crippen molar-refractivity contribution in [1.29, 1.82) is 0 Å². The summed E-state index contributed by atoms with van der Waals surface area (Å²) in [5.74, 6) is -2.62. The SMILES string of the molecule is CCCCCCCCCCC(C)S(=O)(=O)Nc1ccccc1.CCCCCCCCCCC(C)S(=O)(=O)Nc1ccccc1.O=C(O)CC(=O)O. The number of hydrogen-bond donors (Lipinski definition) is 4. The van der Waals surface area contributed by atoms with Crippen molar-refractivity contribution in [3.8, 4) is 0 Å². The van der Waals surface area contributed by atoms with Crippen LogP contribution in [-0.2, 0) is 29.6 Å². The highest BCUT2D eigenvalue weighted by Gasteiger charge is 2.21. The first-order chi connectivity index (χ1) is 24.2. The van der Waals surface area contributed by atoms with E-state index in [-0.39, 0.29) is 10.5 Å². The van der Waals surface area contributed by atoms with Crippen LogP contribution in [0.3, 0.4) is 0 Å². The summed E-state index contributed by atoms with van der Waals surface area (Å²) >= 11 is 0. The van der Waals surface area contributed by atoms with Crippen molar-refractivity contribution in [3.63, 3.8) is 0 Å². The van der Waals surface area contributed by atoms with Gasteiger partial charge in [0, 0.05) is 11.4 Å². The van der Waals surface area contributed by atoms with Crippen molar-refractivity contribution >= 4 is 43.4 Å². The molecule has 0 radical (unpaired) electrons. The number of carboxylic acid groups (broad SMARTS) is 2. The van der Waals surface area contributed by atoms with E-state index in [1.165, 1.54) is 77.0 Å². The monoisotopic (exact) mass is 754 g/mol. The van der Waals surface area contributed by atoms with Gasteiger partial charge in [0.25, 0.3) is 0 Å². The molecule has 0 fully saturated rings. The van der Waals surface area contributed by atoms with Crippen LogP contribution in [0.5, 0.6) is 0 Å². The van der Waals surface area contributed by atoms with Crippen LogP contribution in [-0.4, -0.2) is 49.5 Å². The van der Waals surface area contributed by atoms with Gasteiger partial charge in [-0.15, -0.1) is 0 Å². The highest BCUT2D eigenvalue weighted by atomic mass is 32.2. The molecule has 2 unspecified atom stereocenters. The van der Waals surface area contributed by atoms with Crippen LogP contribution in [0.25, 0.3) is 0 Å². The van der Waals surface area contributed by atoms with Crippen LogP contribution >= 0.6 is 0 Å². The smallest absolute Gasteiger partial charge is 0.314 e. The summed E-state index contributed by atoms with van der Waals surface area (Å²) in [6.07, 6.45) is 20.5. The number of carboxylic acids is 2. The van der Waals surface area contributed by atoms with Gasteiger partial charge in [-0.2, -0.15) is 0 Å². The molecule has 2 aromatic carbocycles. The normalized spacial score (nSPS) is 12.3. The lowest BCUT2D eigenvalue weighted by Gasteiger charge is -2.14. The second-order valence-corrected chi connectivity index (χ2v) is 17.3. The van der Waals surface area contributed by atoms with E-state index in [2.05, 4.69) is 23.3 Å². The van der Waals surface area contributed by atoms with E-state index in [4.69, 9.17) is 10.2 Å². The van der Waals surface area contributed by atoms with E-state index in [1.807, 2.05) is 36.4 Å². The minimum atomic E-state index is -3.27. The van der Waals surface area contributed by atoms with Crippen LogP contribution in [0, 0.1) is 0 Å². The Bertz CT molecular complexity index is 1270. The van der Waals surface area contributed by atoms with Gasteiger partial charge in [0.05, 0.1) is 10.5 Å². The Kier molecular flexibility index (Phi) is 27.7. The van der Waals surface area contributed by atoms with Crippen LogP contribution in [0.2, 0.25) is 0 Å². The molecule has 0 aromatic heterocycles. The van der Waals surface area contributed by atoms with Crippen molar-refractivity contribution in [2.45, 2.75) is 160 Å². The Morgan fingerprint density at radius 2 is 0.784 bits per heavy atom. The lowest BCUT2D eigenvalue weighted by atomic mass is 10.1. The maximum Gasteiger partial charge on any atom is 0.314 e. The van der Waals surface area contributed by atoms with Gasteiger partial charge in [0.15, 0.2) is 0 Å². The summed E-state index contributed by atoms with van der Waals surface area (Å²) in [6.45, 7) is 8.05. The minimum Gasteiger partial charge on any atom is -0.481 e. The van der Waals surface area contributed by atoms with Crippen LogP contribution in [0.4, 0.5) is 11.4 Å². The van der Waals surface area contributed by atoms with Gasteiger partial charge in [-0.25, -0.2) is 16.8 Å². The Labute approximate surface area is 309 Å². The third-order valence-electron chi connectivity index (χ3n) is 8.36. The molecule has 0 saturated heterocycles. The van der Waals surface area contributed by atoms with Crippen molar-refractivity contribution in [1.82, 2.24) is 0 Å². The number of anilines is 2. The topological polar surface area (TPSA) is 167 Å². The standard InChI is InChI=1S/2C18H31NO2S.C3H4O4/c2*1-3-4-5-6-7-8-9-11-14-17(2)22(20,21)19-18-15-12-10-13-16-18;4-2(5)1-3(6)7/h2*10,12-13,15-17,19H,3-9,11,14H2,1-2H3;1H2,(H,4,5)(H,6,7). The Morgan fingerprint density at radius 1 is 0.510 bits per heavy atom. The predicted molar refractivity (Wildman–Crippen MR) is 211 cm³/mol. The molecular formula is C39H66N2O8S2. The average molecular weight is 755 g/mol. The van der Waals surface area contributed by atoms with Crippen LogP contribution in [0.15, 0.2) is 60.7 Å². The van der Waals surface area contributed by atoms with Gasteiger partial charge >= 0.3 is 11.9 Å². The van der Waals surface area contributed by atoms with E-state index in [0.29, 0.717) is 11.4 Å². The molecule has 51 heavy (non-hydrogen) atoms. The number of nitrogens with one attached hydrogen (secondary N) is 2. The second kappa shape index (κ2) is 29.5. The second-order valence-electron chi connectivity index (χ2n) is 13.1. The van der Waals surface area contributed by atoms with Crippen molar-refractivity contribution in [2.75, 3.05) is 9.44 Å². The summed E-state index contributed by atoms with van der Waals surface area (Å²) in [5.41, 5.74) is 1.29. The average Bonchev–Trinajstić information content (AvgIpc) is 3.07. The highest BCUT2D eigenvalue weighted by molar-refractivity contribution is 7.93. The lowest BCUT2D eigenvalue weighted by molar-refractivity contribution is -0.147. The maximum absolute atomic E-state index is 12.2. The number of sulfonamides is 2. The molecule has 4 N–H and O–H groups in total. The first kappa shape index (κ1) is 47.9. The molecule has 2 aromatic rings. The zero-order valence-corrected chi connectivity index (χ0v) is 33.2. The largest absolute Gasteiger partial charge is 0.481 e. The fourth-order valence-corrected chi connectivity index (χ4v) is 7.40. The van der Waals surface area contributed by atoms with Gasteiger partial charge in [-0.3, -0.25) is 19.0 Å². The zero-order valence-electron chi connectivity index (χ0n) is 31.5. The zero-order chi connectivity index (χ0) is 38.4. The van der Waals surface area contributed by atoms with Crippen LogP contribution in [0.1, 0.15) is 150 Å². The van der Waals surface area contributed by atoms with E-state index in [1.54, 1.807) is 38.1 Å². The maximum atomic E-state index is 12.2. The number of carbonyl (C=O) groups is 2. The fourth-order valence-electron chi connectivity index (χ4n) is 5.11. The highest BCUT2D eigenvalue weighted by Crippen LogP contribution is 2.18. The third kappa shape index (κ3) is 27.2. The minimum absolute atomic E-state index is 0.340. The van der Waals surface area contributed by atoms with Crippen molar-refractivity contribution in [2.24, 2.45) is 0 Å². The molecule has 2 atom stereocenters. The molecule has 292 valence electrons. The molecule has 0 aliphatic carbocycles. The first-order valence-electron chi connectivity index (χ1n) is 18.8. The molecule has 0 bridgehead atoms. The van der Waals surface area contributed by atoms with Crippen molar-refractivity contribution < 1.29 is 36.6 Å².